The lowest BCUT2D eigenvalue weighted by atomic mass is 9.69. The van der Waals surface area contributed by atoms with E-state index in [9.17, 15) is 14.4 Å². The van der Waals surface area contributed by atoms with Gasteiger partial charge in [-0.15, -0.1) is 0 Å². The van der Waals surface area contributed by atoms with Crippen LogP contribution in [0.5, 0.6) is 5.75 Å². The average Bonchev–Trinajstić information content (AvgIpc) is 3.11. The molecule has 4 rings (SSSR count). The number of hydrogen-bond donors (Lipinski definition) is 0. The molecule has 3 aliphatic heterocycles. The van der Waals surface area contributed by atoms with Crippen molar-refractivity contribution in [3.63, 3.8) is 0 Å². The van der Waals surface area contributed by atoms with Crippen LogP contribution in [0.3, 0.4) is 0 Å². The Morgan fingerprint density at radius 3 is 2.72 bits per heavy atom. The molecule has 4 atom stereocenters. The van der Waals surface area contributed by atoms with Crippen LogP contribution in [0.25, 0.3) is 0 Å². The monoisotopic (exact) mass is 442 g/mol. The number of fused-ring (bicyclic) bond motifs is 2. The first-order valence-corrected chi connectivity index (χ1v) is 11.7. The zero-order valence-corrected chi connectivity index (χ0v) is 19.3. The molecule has 0 saturated carbocycles. The highest BCUT2D eigenvalue weighted by Gasteiger charge is 2.62. The van der Waals surface area contributed by atoms with Gasteiger partial charge >= 0.3 is 5.97 Å². The van der Waals surface area contributed by atoms with Gasteiger partial charge in [-0.25, -0.2) is 0 Å². The van der Waals surface area contributed by atoms with Gasteiger partial charge in [0.05, 0.1) is 20.6 Å². The fraction of sp³-hybridized carbons (Fsp3) is 0.640. The Morgan fingerprint density at radius 1 is 1.19 bits per heavy atom. The molecule has 174 valence electrons. The van der Waals surface area contributed by atoms with Crippen LogP contribution in [0.2, 0.25) is 0 Å². The van der Waals surface area contributed by atoms with Crippen molar-refractivity contribution in [2.45, 2.75) is 64.1 Å². The number of hydrogen-bond acceptors (Lipinski definition) is 6. The zero-order valence-electron chi connectivity index (χ0n) is 19.3. The van der Waals surface area contributed by atoms with Crippen molar-refractivity contribution >= 4 is 17.7 Å². The van der Waals surface area contributed by atoms with Crippen molar-refractivity contribution in [2.75, 3.05) is 27.3 Å². The molecule has 1 aromatic rings. The van der Waals surface area contributed by atoms with E-state index >= 15 is 0 Å². The standard InChI is InChI=1S/C25H34N2O5/c1-17-6-5-11-26(15-17)23(29)14-25(24(30)32-3)21-10-9-19(13-22(25)28)27(21)16-18-7-4-8-20(12-18)31-2/h4,7-8,12,17,19,21H,5-6,9-11,13-16H2,1-3H3. The van der Waals surface area contributed by atoms with Crippen molar-refractivity contribution in [1.29, 1.82) is 0 Å². The summed E-state index contributed by atoms with van der Waals surface area (Å²) in [6.07, 6.45) is 3.78. The van der Waals surface area contributed by atoms with E-state index in [2.05, 4.69) is 11.8 Å². The van der Waals surface area contributed by atoms with Crippen molar-refractivity contribution in [3.05, 3.63) is 29.8 Å². The van der Waals surface area contributed by atoms with Gasteiger partial charge in [-0.05, 0) is 49.3 Å². The molecule has 32 heavy (non-hydrogen) atoms. The number of methoxy groups -OCH3 is 2. The lowest BCUT2D eigenvalue weighted by Crippen LogP contribution is -2.61. The molecule has 0 N–H and O–H groups in total. The summed E-state index contributed by atoms with van der Waals surface area (Å²) >= 11 is 0. The molecule has 1 amide bonds. The minimum Gasteiger partial charge on any atom is -0.497 e. The maximum absolute atomic E-state index is 13.4. The smallest absolute Gasteiger partial charge is 0.321 e. The third kappa shape index (κ3) is 4.03. The third-order valence-corrected chi connectivity index (χ3v) is 7.62. The van der Waals surface area contributed by atoms with Crippen molar-refractivity contribution in [3.8, 4) is 5.75 Å². The molecule has 1 aromatic carbocycles. The van der Waals surface area contributed by atoms with E-state index in [-0.39, 0.29) is 36.6 Å². The summed E-state index contributed by atoms with van der Waals surface area (Å²) < 4.78 is 10.5. The number of likely N-dealkylation sites (tertiary alicyclic amines) is 1. The number of piperidine rings is 2. The Kier molecular flexibility index (Phi) is 6.56. The van der Waals surface area contributed by atoms with Gasteiger partial charge < -0.3 is 14.4 Å². The summed E-state index contributed by atoms with van der Waals surface area (Å²) in [6, 6.07) is 7.60. The minimum atomic E-state index is -1.43. The van der Waals surface area contributed by atoms with E-state index < -0.39 is 11.4 Å². The van der Waals surface area contributed by atoms with Crippen LogP contribution in [-0.4, -0.2) is 66.9 Å². The zero-order chi connectivity index (χ0) is 22.9. The second-order valence-corrected chi connectivity index (χ2v) is 9.62. The maximum Gasteiger partial charge on any atom is 0.321 e. The summed E-state index contributed by atoms with van der Waals surface area (Å²) in [4.78, 5) is 44.1. The summed E-state index contributed by atoms with van der Waals surface area (Å²) in [6.45, 7) is 4.12. The topological polar surface area (TPSA) is 76.2 Å². The number of ether oxygens (including phenoxy) is 2. The number of ketones is 1. The first kappa shape index (κ1) is 22.8. The molecule has 0 spiro atoms. The molecule has 3 saturated heterocycles. The Balaban J connectivity index is 1.63. The van der Waals surface area contributed by atoms with Gasteiger partial charge in [-0.3, -0.25) is 19.3 Å². The van der Waals surface area contributed by atoms with Gasteiger partial charge in [0.25, 0.3) is 0 Å². The normalized spacial score (nSPS) is 30.3. The first-order valence-electron chi connectivity index (χ1n) is 11.7. The third-order valence-electron chi connectivity index (χ3n) is 7.62. The van der Waals surface area contributed by atoms with E-state index in [1.54, 1.807) is 7.11 Å². The van der Waals surface area contributed by atoms with E-state index in [0.717, 1.165) is 30.6 Å². The first-order chi connectivity index (χ1) is 15.4. The van der Waals surface area contributed by atoms with Crippen molar-refractivity contribution < 1.29 is 23.9 Å². The molecular weight excluding hydrogens is 408 g/mol. The fourth-order valence-corrected chi connectivity index (χ4v) is 5.97. The van der Waals surface area contributed by atoms with E-state index in [0.29, 0.717) is 32.0 Å². The molecule has 2 bridgehead atoms. The molecular formula is C25H34N2O5. The van der Waals surface area contributed by atoms with Crippen molar-refractivity contribution in [1.82, 2.24) is 9.80 Å². The number of Topliss-reactive ketones (excluding diaryl/α,β-unsaturated/α-hetero) is 1. The van der Waals surface area contributed by atoms with Crippen LogP contribution in [0.4, 0.5) is 0 Å². The van der Waals surface area contributed by atoms with E-state index in [1.807, 2.05) is 29.2 Å². The highest BCUT2D eigenvalue weighted by atomic mass is 16.5. The predicted octanol–water partition coefficient (Wildman–Crippen LogP) is 2.81. The van der Waals surface area contributed by atoms with Gasteiger partial charge in [0.2, 0.25) is 5.91 Å². The van der Waals surface area contributed by atoms with Gasteiger partial charge in [-0.2, -0.15) is 0 Å². The Morgan fingerprint density at radius 2 is 2.00 bits per heavy atom. The fourth-order valence-electron chi connectivity index (χ4n) is 5.97. The van der Waals surface area contributed by atoms with Crippen LogP contribution in [0.15, 0.2) is 24.3 Å². The summed E-state index contributed by atoms with van der Waals surface area (Å²) in [5.41, 5.74) is -0.371. The summed E-state index contributed by atoms with van der Waals surface area (Å²) in [5, 5.41) is 0. The summed E-state index contributed by atoms with van der Waals surface area (Å²) in [5.74, 6) is 0.391. The van der Waals surface area contributed by atoms with Crippen LogP contribution in [0.1, 0.15) is 51.0 Å². The van der Waals surface area contributed by atoms with Gasteiger partial charge in [-0.1, -0.05) is 19.1 Å². The van der Waals surface area contributed by atoms with Crippen LogP contribution in [-0.2, 0) is 25.7 Å². The molecule has 0 radical (unpaired) electrons. The predicted molar refractivity (Wildman–Crippen MR) is 119 cm³/mol. The second-order valence-electron chi connectivity index (χ2n) is 9.62. The molecule has 0 aromatic heterocycles. The lowest BCUT2D eigenvalue weighted by Gasteiger charge is -2.46. The van der Waals surface area contributed by atoms with Crippen molar-refractivity contribution in [2.24, 2.45) is 11.3 Å². The molecule has 3 fully saturated rings. The maximum atomic E-state index is 13.4. The van der Waals surface area contributed by atoms with E-state index in [1.165, 1.54) is 7.11 Å². The minimum absolute atomic E-state index is 0.0848. The number of benzene rings is 1. The quantitative estimate of drug-likeness (QED) is 0.498. The van der Waals surface area contributed by atoms with Crippen LogP contribution >= 0.6 is 0 Å². The summed E-state index contributed by atoms with van der Waals surface area (Å²) in [7, 11) is 2.95. The highest BCUT2D eigenvalue weighted by molar-refractivity contribution is 6.08. The lowest BCUT2D eigenvalue weighted by molar-refractivity contribution is -0.171. The molecule has 0 aliphatic carbocycles. The molecule has 3 aliphatic rings. The van der Waals surface area contributed by atoms with Crippen LogP contribution in [0, 0.1) is 11.3 Å². The molecule has 7 nitrogen and oxygen atoms in total. The molecule has 3 heterocycles. The SMILES string of the molecule is COC(=O)C1(CC(=O)N2CCCC(C)C2)C(=O)CC2CCC1N2Cc1cccc(OC)c1. The highest BCUT2D eigenvalue weighted by Crippen LogP contribution is 2.48. The Labute approximate surface area is 190 Å². The van der Waals surface area contributed by atoms with Crippen LogP contribution < -0.4 is 4.74 Å². The largest absolute Gasteiger partial charge is 0.497 e. The molecule has 4 unspecified atom stereocenters. The van der Waals surface area contributed by atoms with E-state index in [4.69, 9.17) is 9.47 Å². The number of esters is 1. The number of amides is 1. The molecule has 7 heteroatoms. The number of nitrogens with zero attached hydrogens (tertiary/aromatic N) is 2. The second kappa shape index (κ2) is 9.22. The number of rotatable bonds is 6. The van der Waals surface area contributed by atoms with Gasteiger partial charge in [0, 0.05) is 38.1 Å². The average molecular weight is 443 g/mol. The Hall–Kier alpha value is -2.41. The van der Waals surface area contributed by atoms with Gasteiger partial charge in [0.15, 0.2) is 11.2 Å². The number of carbonyl (C=O) groups excluding carboxylic acids is 3. The van der Waals surface area contributed by atoms with Gasteiger partial charge in [0.1, 0.15) is 5.75 Å². The Bertz CT molecular complexity index is 887. The number of carbonyl (C=O) groups is 3.